The van der Waals surface area contributed by atoms with Crippen LogP contribution in [-0.2, 0) is 15.8 Å². The second kappa shape index (κ2) is 8.88. The first kappa shape index (κ1) is 21.4. The van der Waals surface area contributed by atoms with Crippen LogP contribution >= 0.6 is 0 Å². The number of anilines is 2. The lowest BCUT2D eigenvalue weighted by Gasteiger charge is -2.18. The Morgan fingerprint density at radius 2 is 1.50 bits per heavy atom. The predicted octanol–water partition coefficient (Wildman–Crippen LogP) is 3.83. The van der Waals surface area contributed by atoms with Crippen LogP contribution in [0, 0.1) is 13.8 Å². The molecule has 0 fully saturated rings. The van der Waals surface area contributed by atoms with E-state index < -0.39 is 17.6 Å². The van der Waals surface area contributed by atoms with Crippen molar-refractivity contribution in [2.45, 2.75) is 20.0 Å². The van der Waals surface area contributed by atoms with Gasteiger partial charge in [0.2, 0.25) is 11.8 Å². The van der Waals surface area contributed by atoms with Gasteiger partial charge in [0.05, 0.1) is 24.3 Å². The summed E-state index contributed by atoms with van der Waals surface area (Å²) in [6.45, 7) is 3.51. The van der Waals surface area contributed by atoms with Crippen molar-refractivity contribution in [3.63, 3.8) is 0 Å². The highest BCUT2D eigenvalue weighted by Crippen LogP contribution is 2.34. The summed E-state index contributed by atoms with van der Waals surface area (Å²) in [5.41, 5.74) is 1.43. The standard InChI is InChI=1S/C20H22F3N3O2/c1-13-8-9-16(14(2)10-13)24-18(27)11-26(3)12-19(28)25-17-7-5-4-6-15(17)20(21,22)23/h4-10H,11-12H2,1-3H3,(H,24,27)(H,25,28). The Morgan fingerprint density at radius 1 is 0.929 bits per heavy atom. The van der Waals surface area contributed by atoms with E-state index in [1.54, 1.807) is 6.07 Å². The first-order valence-electron chi connectivity index (χ1n) is 8.58. The maximum atomic E-state index is 13.0. The monoisotopic (exact) mass is 393 g/mol. The minimum atomic E-state index is -4.57. The molecule has 2 rings (SSSR count). The molecule has 2 aromatic carbocycles. The molecule has 150 valence electrons. The van der Waals surface area contributed by atoms with Gasteiger partial charge >= 0.3 is 6.18 Å². The molecule has 0 radical (unpaired) electrons. The summed E-state index contributed by atoms with van der Waals surface area (Å²) in [6, 6.07) is 10.4. The zero-order chi connectivity index (χ0) is 20.9. The molecule has 0 heterocycles. The van der Waals surface area contributed by atoms with Crippen molar-refractivity contribution in [2.24, 2.45) is 0 Å². The highest BCUT2D eigenvalue weighted by molar-refractivity contribution is 5.95. The molecule has 0 atom stereocenters. The summed E-state index contributed by atoms with van der Waals surface area (Å²) in [5.74, 6) is -0.962. The number of likely N-dealkylation sites (N-methyl/N-ethyl adjacent to an activating group) is 1. The lowest BCUT2D eigenvalue weighted by molar-refractivity contribution is -0.137. The molecule has 28 heavy (non-hydrogen) atoms. The minimum Gasteiger partial charge on any atom is -0.325 e. The average molecular weight is 393 g/mol. The number of halogens is 3. The van der Waals surface area contributed by atoms with Crippen molar-refractivity contribution >= 4 is 23.2 Å². The fourth-order valence-electron chi connectivity index (χ4n) is 2.72. The Labute approximate surface area is 161 Å². The van der Waals surface area contributed by atoms with Crippen LogP contribution in [0.25, 0.3) is 0 Å². The summed E-state index contributed by atoms with van der Waals surface area (Å²) < 4.78 is 38.9. The largest absolute Gasteiger partial charge is 0.418 e. The van der Waals surface area contributed by atoms with E-state index in [4.69, 9.17) is 0 Å². The van der Waals surface area contributed by atoms with Crippen LogP contribution in [0.2, 0.25) is 0 Å². The van der Waals surface area contributed by atoms with Crippen molar-refractivity contribution in [3.05, 3.63) is 59.2 Å². The number of carbonyl (C=O) groups excluding carboxylic acids is 2. The minimum absolute atomic E-state index is 0.0817. The van der Waals surface area contributed by atoms with Crippen LogP contribution in [0.1, 0.15) is 16.7 Å². The summed E-state index contributed by atoms with van der Waals surface area (Å²) in [6.07, 6.45) is -4.57. The summed E-state index contributed by atoms with van der Waals surface area (Å²) >= 11 is 0. The Hall–Kier alpha value is -2.87. The molecule has 5 nitrogen and oxygen atoms in total. The molecule has 0 saturated carbocycles. The van der Waals surface area contributed by atoms with Crippen molar-refractivity contribution in [1.82, 2.24) is 4.90 Å². The molecule has 0 aliphatic carbocycles. The van der Waals surface area contributed by atoms with Gasteiger partial charge in [0.1, 0.15) is 0 Å². The number of nitrogens with one attached hydrogen (secondary N) is 2. The molecule has 2 N–H and O–H groups in total. The van der Waals surface area contributed by atoms with Crippen LogP contribution in [0.5, 0.6) is 0 Å². The molecule has 0 aromatic heterocycles. The van der Waals surface area contributed by atoms with Crippen LogP contribution in [-0.4, -0.2) is 36.9 Å². The molecular formula is C20H22F3N3O2. The van der Waals surface area contributed by atoms with Gasteiger partial charge < -0.3 is 10.6 Å². The zero-order valence-corrected chi connectivity index (χ0v) is 15.9. The summed E-state index contributed by atoms with van der Waals surface area (Å²) in [7, 11) is 1.54. The number of alkyl halides is 3. The number of aryl methyl sites for hydroxylation is 2. The normalized spacial score (nSPS) is 11.4. The Morgan fingerprint density at radius 3 is 2.07 bits per heavy atom. The molecule has 2 amide bonds. The van der Waals surface area contributed by atoms with Gasteiger partial charge in [0.25, 0.3) is 0 Å². The van der Waals surface area contributed by atoms with E-state index in [1.807, 2.05) is 26.0 Å². The number of amides is 2. The van der Waals surface area contributed by atoms with Gasteiger partial charge in [-0.25, -0.2) is 0 Å². The van der Waals surface area contributed by atoms with E-state index in [2.05, 4.69) is 10.6 Å². The molecule has 0 unspecified atom stereocenters. The van der Waals surface area contributed by atoms with E-state index in [1.165, 1.54) is 30.1 Å². The first-order valence-corrected chi connectivity index (χ1v) is 8.58. The SMILES string of the molecule is Cc1ccc(NC(=O)CN(C)CC(=O)Nc2ccccc2C(F)(F)F)c(C)c1. The van der Waals surface area contributed by atoms with Gasteiger partial charge in [0, 0.05) is 5.69 Å². The van der Waals surface area contributed by atoms with Crippen molar-refractivity contribution in [1.29, 1.82) is 0 Å². The maximum Gasteiger partial charge on any atom is 0.418 e. The maximum absolute atomic E-state index is 13.0. The summed E-state index contributed by atoms with van der Waals surface area (Å²) in [4.78, 5) is 25.7. The van der Waals surface area contributed by atoms with Crippen LogP contribution in [0.15, 0.2) is 42.5 Å². The zero-order valence-electron chi connectivity index (χ0n) is 15.9. The topological polar surface area (TPSA) is 61.4 Å². The van der Waals surface area contributed by atoms with Crippen molar-refractivity contribution in [3.8, 4) is 0 Å². The Bertz CT molecular complexity index is 866. The average Bonchev–Trinajstić information content (AvgIpc) is 2.56. The van der Waals surface area contributed by atoms with Crippen molar-refractivity contribution in [2.75, 3.05) is 30.8 Å². The number of hydrogen-bond donors (Lipinski definition) is 2. The van der Waals surface area contributed by atoms with Gasteiger partial charge in [-0.2, -0.15) is 13.2 Å². The second-order valence-electron chi connectivity index (χ2n) is 6.63. The summed E-state index contributed by atoms with van der Waals surface area (Å²) in [5, 5.41) is 5.01. The number of benzene rings is 2. The van der Waals surface area contributed by atoms with Crippen LogP contribution in [0.3, 0.4) is 0 Å². The quantitative estimate of drug-likeness (QED) is 0.784. The van der Waals surface area contributed by atoms with Crippen LogP contribution in [0.4, 0.5) is 24.5 Å². The number of hydrogen-bond acceptors (Lipinski definition) is 3. The molecule has 2 aromatic rings. The third kappa shape index (κ3) is 6.09. The number of para-hydroxylation sites is 1. The fraction of sp³-hybridized carbons (Fsp3) is 0.300. The predicted molar refractivity (Wildman–Crippen MR) is 102 cm³/mol. The van der Waals surface area contributed by atoms with E-state index >= 15 is 0 Å². The molecule has 0 spiro atoms. The second-order valence-corrected chi connectivity index (χ2v) is 6.63. The highest BCUT2D eigenvalue weighted by atomic mass is 19.4. The Kier molecular flexibility index (Phi) is 6.80. The van der Waals surface area contributed by atoms with Gasteiger partial charge in [0.15, 0.2) is 0 Å². The van der Waals surface area contributed by atoms with Gasteiger partial charge in [-0.15, -0.1) is 0 Å². The number of nitrogens with zero attached hydrogens (tertiary/aromatic N) is 1. The van der Waals surface area contributed by atoms with Crippen LogP contribution < -0.4 is 10.6 Å². The first-order chi connectivity index (χ1) is 13.1. The van der Waals surface area contributed by atoms with Gasteiger partial charge in [-0.05, 0) is 44.7 Å². The van der Waals surface area contributed by atoms with E-state index in [0.29, 0.717) is 5.69 Å². The van der Waals surface area contributed by atoms with Gasteiger partial charge in [-0.3, -0.25) is 14.5 Å². The smallest absolute Gasteiger partial charge is 0.325 e. The number of rotatable bonds is 6. The molecule has 0 aliphatic heterocycles. The third-order valence-corrected chi connectivity index (χ3v) is 3.99. The Balaban J connectivity index is 1.91. The molecule has 8 heteroatoms. The molecule has 0 aliphatic rings. The third-order valence-electron chi connectivity index (χ3n) is 3.99. The van der Waals surface area contributed by atoms with Crippen molar-refractivity contribution < 1.29 is 22.8 Å². The fourth-order valence-corrected chi connectivity index (χ4v) is 2.72. The number of carbonyl (C=O) groups is 2. The lowest BCUT2D eigenvalue weighted by atomic mass is 10.1. The highest BCUT2D eigenvalue weighted by Gasteiger charge is 2.33. The van der Waals surface area contributed by atoms with E-state index in [9.17, 15) is 22.8 Å². The van der Waals surface area contributed by atoms with E-state index in [-0.39, 0.29) is 24.7 Å². The van der Waals surface area contributed by atoms with E-state index in [0.717, 1.165) is 17.2 Å². The lowest BCUT2D eigenvalue weighted by Crippen LogP contribution is -2.36. The van der Waals surface area contributed by atoms with Gasteiger partial charge in [-0.1, -0.05) is 29.8 Å². The molecular weight excluding hydrogens is 371 g/mol. The molecule has 0 bridgehead atoms. The molecule has 0 saturated heterocycles.